The lowest BCUT2D eigenvalue weighted by Crippen LogP contribution is -2.11. The molecule has 0 amide bonds. The molecule has 5 nitrogen and oxygen atoms in total. The molecular formula is C17H17F3N4O. The van der Waals surface area contributed by atoms with E-state index in [1.54, 1.807) is 0 Å². The van der Waals surface area contributed by atoms with Gasteiger partial charge in [-0.2, -0.15) is 18.3 Å². The zero-order chi connectivity index (χ0) is 17.9. The average molecular weight is 350 g/mol. The molecule has 2 aromatic rings. The number of carbonyl (C=O) groups is 1. The molecule has 0 spiro atoms. The molecule has 0 aliphatic heterocycles. The Morgan fingerprint density at radius 1 is 1.20 bits per heavy atom. The van der Waals surface area contributed by atoms with Crippen molar-refractivity contribution in [1.82, 2.24) is 19.7 Å². The first-order valence-electron chi connectivity index (χ1n) is 8.27. The molecule has 0 saturated heterocycles. The smallest absolute Gasteiger partial charge is 0.300 e. The molecule has 3 atom stereocenters. The largest absolute Gasteiger partial charge is 0.451 e. The Balaban J connectivity index is 1.70. The molecule has 2 saturated carbocycles. The molecular weight excluding hydrogens is 333 g/mol. The first-order chi connectivity index (χ1) is 11.8. The lowest BCUT2D eigenvalue weighted by atomic mass is 10.1. The maximum absolute atomic E-state index is 12.8. The zero-order valence-electron chi connectivity index (χ0n) is 13.8. The number of Topliss-reactive ketones (excluding diaryl/α,β-unsaturated/α-hetero) is 1. The molecule has 1 unspecified atom stereocenters. The van der Waals surface area contributed by atoms with E-state index in [1.807, 2.05) is 24.6 Å². The van der Waals surface area contributed by atoms with Gasteiger partial charge in [0.2, 0.25) is 5.82 Å². The van der Waals surface area contributed by atoms with Crippen LogP contribution in [0.3, 0.4) is 0 Å². The number of fused-ring (bicyclic) bond motifs is 1. The summed E-state index contributed by atoms with van der Waals surface area (Å²) in [5.74, 6) is 0.105. The Labute approximate surface area is 142 Å². The molecule has 8 heteroatoms. The fraction of sp³-hybridized carbons (Fsp3) is 0.529. The van der Waals surface area contributed by atoms with Crippen molar-refractivity contribution in [3.05, 3.63) is 29.8 Å². The molecule has 2 aliphatic carbocycles. The third-order valence-corrected chi connectivity index (χ3v) is 5.03. The van der Waals surface area contributed by atoms with Crippen molar-refractivity contribution in [2.24, 2.45) is 11.8 Å². The van der Waals surface area contributed by atoms with Crippen LogP contribution < -0.4 is 0 Å². The van der Waals surface area contributed by atoms with Gasteiger partial charge in [0.05, 0.1) is 5.69 Å². The quantitative estimate of drug-likeness (QED) is 0.848. The lowest BCUT2D eigenvalue weighted by molar-refractivity contribution is -0.144. The van der Waals surface area contributed by atoms with Gasteiger partial charge in [-0.25, -0.2) is 9.97 Å². The second kappa shape index (κ2) is 5.37. The minimum absolute atomic E-state index is 0.0738. The Morgan fingerprint density at radius 3 is 2.48 bits per heavy atom. The molecule has 0 bridgehead atoms. The van der Waals surface area contributed by atoms with E-state index in [2.05, 4.69) is 15.1 Å². The van der Waals surface area contributed by atoms with Crippen molar-refractivity contribution in [1.29, 1.82) is 0 Å². The van der Waals surface area contributed by atoms with Crippen LogP contribution in [-0.2, 0) is 11.0 Å². The van der Waals surface area contributed by atoms with E-state index in [9.17, 15) is 18.0 Å². The number of hydrogen-bond donors (Lipinski definition) is 0. The fourth-order valence-electron chi connectivity index (χ4n) is 3.88. The summed E-state index contributed by atoms with van der Waals surface area (Å²) >= 11 is 0. The number of rotatable bonds is 3. The van der Waals surface area contributed by atoms with Crippen LogP contribution in [0.5, 0.6) is 0 Å². The Bertz CT molecular complexity index is 829. The van der Waals surface area contributed by atoms with Crippen molar-refractivity contribution in [3.63, 3.8) is 0 Å². The first kappa shape index (κ1) is 16.2. The van der Waals surface area contributed by atoms with E-state index in [0.29, 0.717) is 36.2 Å². The van der Waals surface area contributed by atoms with Gasteiger partial charge in [-0.3, -0.25) is 9.48 Å². The van der Waals surface area contributed by atoms with E-state index in [1.165, 1.54) is 6.07 Å². The van der Waals surface area contributed by atoms with Gasteiger partial charge in [0.1, 0.15) is 11.5 Å². The van der Waals surface area contributed by atoms with E-state index >= 15 is 0 Å². The average Bonchev–Trinajstić information content (AvgIpc) is 2.90. The number of hydrogen-bond acceptors (Lipinski definition) is 4. The molecule has 2 aliphatic rings. The van der Waals surface area contributed by atoms with Gasteiger partial charge in [0, 0.05) is 36.7 Å². The monoisotopic (exact) mass is 350 g/mol. The maximum atomic E-state index is 12.8. The first-order valence-corrected chi connectivity index (χ1v) is 8.27. The third-order valence-electron chi connectivity index (χ3n) is 5.03. The van der Waals surface area contributed by atoms with Crippen molar-refractivity contribution in [2.75, 3.05) is 0 Å². The lowest BCUT2D eigenvalue weighted by Gasteiger charge is -2.11. The van der Waals surface area contributed by atoms with E-state index in [-0.39, 0.29) is 17.7 Å². The number of ketones is 1. The SMILES string of the molecule is CC(C)n1nc(-c2ccnc(C(F)(F)F)n2)cc1C1[C@H]2CC(=O)C[C@@H]12. The number of halogens is 3. The van der Waals surface area contributed by atoms with Crippen molar-refractivity contribution in [3.8, 4) is 11.4 Å². The van der Waals surface area contributed by atoms with Gasteiger partial charge in [-0.1, -0.05) is 0 Å². The van der Waals surface area contributed by atoms with Crippen LogP contribution in [0, 0.1) is 11.8 Å². The summed E-state index contributed by atoms with van der Waals surface area (Å²) in [6.45, 7) is 3.95. The normalized spacial score (nSPS) is 25.5. The maximum Gasteiger partial charge on any atom is 0.451 e. The Kier molecular flexibility index (Phi) is 3.49. The van der Waals surface area contributed by atoms with Gasteiger partial charge < -0.3 is 0 Å². The zero-order valence-corrected chi connectivity index (χ0v) is 13.8. The van der Waals surface area contributed by atoms with Crippen LogP contribution in [0.25, 0.3) is 11.4 Å². The molecule has 0 radical (unpaired) electrons. The van der Waals surface area contributed by atoms with Crippen molar-refractivity contribution >= 4 is 5.78 Å². The third kappa shape index (κ3) is 2.73. The highest BCUT2D eigenvalue weighted by molar-refractivity contribution is 5.83. The van der Waals surface area contributed by atoms with E-state index in [0.717, 1.165) is 11.9 Å². The molecule has 2 fully saturated rings. The minimum Gasteiger partial charge on any atom is -0.300 e. The summed E-state index contributed by atoms with van der Waals surface area (Å²) in [6, 6.07) is 3.32. The van der Waals surface area contributed by atoms with E-state index < -0.39 is 12.0 Å². The summed E-state index contributed by atoms with van der Waals surface area (Å²) < 4.78 is 40.4. The van der Waals surface area contributed by atoms with Gasteiger partial charge in [0.15, 0.2) is 0 Å². The standard InChI is InChI=1S/C17H17F3N4O/c1-8(2)24-14(15-10-5-9(25)6-11(10)15)7-13(23-24)12-3-4-21-16(22-12)17(18,19)20/h3-4,7-8,10-11,15H,5-6H2,1-2H3/t10-,11+,15?. The van der Waals surface area contributed by atoms with Crippen molar-refractivity contribution in [2.45, 2.75) is 44.8 Å². The van der Waals surface area contributed by atoms with Crippen LogP contribution in [-0.4, -0.2) is 25.5 Å². The highest BCUT2D eigenvalue weighted by Gasteiger charge is 2.57. The number of nitrogens with zero attached hydrogens (tertiary/aromatic N) is 4. The summed E-state index contributed by atoms with van der Waals surface area (Å²) in [6.07, 6.45) is -2.30. The van der Waals surface area contributed by atoms with Gasteiger partial charge in [0.25, 0.3) is 0 Å². The molecule has 0 aromatic carbocycles. The highest BCUT2D eigenvalue weighted by Crippen LogP contribution is 2.62. The number of alkyl halides is 3. The summed E-state index contributed by atoms with van der Waals surface area (Å²) in [5, 5.41) is 4.48. The molecule has 2 heterocycles. The fourth-order valence-corrected chi connectivity index (χ4v) is 3.88. The molecule has 0 N–H and O–H groups in total. The molecule has 25 heavy (non-hydrogen) atoms. The van der Waals surface area contributed by atoms with Gasteiger partial charge in [-0.15, -0.1) is 0 Å². The second-order valence-corrected chi connectivity index (χ2v) is 7.06. The molecule has 2 aromatic heterocycles. The van der Waals surface area contributed by atoms with Crippen LogP contribution in [0.2, 0.25) is 0 Å². The number of carbonyl (C=O) groups excluding carboxylic acids is 1. The molecule has 132 valence electrons. The summed E-state index contributed by atoms with van der Waals surface area (Å²) in [7, 11) is 0. The Morgan fingerprint density at radius 2 is 1.88 bits per heavy atom. The van der Waals surface area contributed by atoms with Gasteiger partial charge in [-0.05, 0) is 37.8 Å². The van der Waals surface area contributed by atoms with Crippen LogP contribution in [0.4, 0.5) is 13.2 Å². The van der Waals surface area contributed by atoms with E-state index in [4.69, 9.17) is 0 Å². The number of aromatic nitrogens is 4. The second-order valence-electron chi connectivity index (χ2n) is 7.06. The summed E-state index contributed by atoms with van der Waals surface area (Å²) in [5.41, 5.74) is 1.55. The predicted octanol–water partition coefficient (Wildman–Crippen LogP) is 3.63. The highest BCUT2D eigenvalue weighted by atomic mass is 19.4. The predicted molar refractivity (Wildman–Crippen MR) is 82.6 cm³/mol. The van der Waals surface area contributed by atoms with Crippen LogP contribution in [0.15, 0.2) is 18.3 Å². The van der Waals surface area contributed by atoms with Crippen molar-refractivity contribution < 1.29 is 18.0 Å². The summed E-state index contributed by atoms with van der Waals surface area (Å²) in [4.78, 5) is 18.4. The van der Waals surface area contributed by atoms with Gasteiger partial charge >= 0.3 is 6.18 Å². The Hall–Kier alpha value is -2.25. The topological polar surface area (TPSA) is 60.7 Å². The molecule has 4 rings (SSSR count). The van der Waals surface area contributed by atoms with Crippen LogP contribution in [0.1, 0.15) is 50.2 Å². The minimum atomic E-state index is -4.59. The van der Waals surface area contributed by atoms with Crippen LogP contribution >= 0.6 is 0 Å².